The van der Waals surface area contributed by atoms with E-state index in [1.54, 1.807) is 0 Å². The lowest BCUT2D eigenvalue weighted by Crippen LogP contribution is -2.13. The summed E-state index contributed by atoms with van der Waals surface area (Å²) in [5, 5.41) is 2.88. The number of rotatable bonds is 1. The number of carbonyl (C=O) groups is 1. The first-order valence-corrected chi connectivity index (χ1v) is 6.25. The summed E-state index contributed by atoms with van der Waals surface area (Å²) in [5.74, 6) is -0.0745. The largest absolute Gasteiger partial charge is 0.324 e. The fourth-order valence-electron chi connectivity index (χ4n) is 2.18. The maximum Gasteiger partial charge on any atom is 0.246 e. The number of anilines is 1. The fraction of sp³-hybridized carbons (Fsp3) is 0.125. The zero-order valence-corrected chi connectivity index (χ0v) is 10.7. The Labute approximate surface area is 112 Å². The Hall–Kier alpha value is -2.42. The van der Waals surface area contributed by atoms with E-state index in [-0.39, 0.29) is 12.5 Å². The molecule has 1 aliphatic heterocycles. The van der Waals surface area contributed by atoms with Crippen LogP contribution in [0.5, 0.6) is 0 Å². The first-order valence-electron chi connectivity index (χ1n) is 6.25. The second-order valence-electron chi connectivity index (χ2n) is 4.62. The second kappa shape index (κ2) is 4.69. The lowest BCUT2D eigenvalue weighted by atomic mass is 10.00. The van der Waals surface area contributed by atoms with Crippen LogP contribution in [-0.2, 0) is 4.79 Å². The van der Waals surface area contributed by atoms with E-state index in [1.807, 2.05) is 36.4 Å². The van der Waals surface area contributed by atoms with Crippen LogP contribution in [0.15, 0.2) is 53.5 Å². The van der Waals surface area contributed by atoms with Crippen LogP contribution in [0.4, 0.5) is 5.69 Å². The molecule has 1 aliphatic rings. The summed E-state index contributed by atoms with van der Waals surface area (Å²) < 4.78 is 0. The number of benzodiazepines with no additional fused rings is 1. The van der Waals surface area contributed by atoms with Gasteiger partial charge in [-0.15, -0.1) is 0 Å². The van der Waals surface area contributed by atoms with Crippen LogP contribution in [0.1, 0.15) is 16.7 Å². The Morgan fingerprint density at radius 2 is 1.79 bits per heavy atom. The van der Waals surface area contributed by atoms with Gasteiger partial charge in [-0.05, 0) is 13.0 Å². The Kier molecular flexibility index (Phi) is 2.88. The van der Waals surface area contributed by atoms with Gasteiger partial charge in [-0.2, -0.15) is 0 Å². The zero-order valence-electron chi connectivity index (χ0n) is 10.7. The summed E-state index contributed by atoms with van der Waals surface area (Å²) in [6, 6.07) is 16.0. The number of hydrogen-bond donors (Lipinski definition) is 1. The van der Waals surface area contributed by atoms with Crippen LogP contribution in [0, 0.1) is 6.92 Å². The molecule has 0 radical (unpaired) electrons. The number of carbonyl (C=O) groups excluding carboxylic acids is 1. The molecule has 3 heteroatoms. The minimum atomic E-state index is -0.0745. The standard InChI is InChI=1S/C16H14N2O/c1-11-6-8-12(9-7-11)16-13-4-2-3-5-14(13)18-15(19)10-17-16/h2-9H,10H2,1H3,(H,18,19). The van der Waals surface area contributed by atoms with Gasteiger partial charge in [0.2, 0.25) is 5.91 Å². The third kappa shape index (κ3) is 2.27. The predicted octanol–water partition coefficient (Wildman–Crippen LogP) is 2.78. The lowest BCUT2D eigenvalue weighted by molar-refractivity contribution is -0.114. The summed E-state index contributed by atoms with van der Waals surface area (Å²) in [5.41, 5.74) is 4.91. The van der Waals surface area contributed by atoms with Crippen molar-refractivity contribution in [3.63, 3.8) is 0 Å². The molecule has 0 spiro atoms. The van der Waals surface area contributed by atoms with Gasteiger partial charge in [-0.3, -0.25) is 9.79 Å². The van der Waals surface area contributed by atoms with E-state index >= 15 is 0 Å². The Morgan fingerprint density at radius 3 is 2.58 bits per heavy atom. The highest BCUT2D eigenvalue weighted by Gasteiger charge is 2.16. The molecule has 0 aromatic heterocycles. The molecule has 0 fully saturated rings. The summed E-state index contributed by atoms with van der Waals surface area (Å²) in [6.07, 6.45) is 0. The topological polar surface area (TPSA) is 41.5 Å². The molecule has 0 saturated carbocycles. The Bertz CT molecular complexity index is 657. The van der Waals surface area contributed by atoms with Crippen LogP contribution in [-0.4, -0.2) is 18.2 Å². The molecular weight excluding hydrogens is 236 g/mol. The van der Waals surface area contributed by atoms with Crippen LogP contribution in [0.2, 0.25) is 0 Å². The van der Waals surface area contributed by atoms with Crippen molar-refractivity contribution in [2.75, 3.05) is 11.9 Å². The molecule has 0 bridgehead atoms. The summed E-state index contributed by atoms with van der Waals surface area (Å²) >= 11 is 0. The van der Waals surface area contributed by atoms with Crippen LogP contribution >= 0.6 is 0 Å². The zero-order chi connectivity index (χ0) is 13.2. The van der Waals surface area contributed by atoms with Gasteiger partial charge in [0.25, 0.3) is 0 Å². The molecule has 1 heterocycles. The van der Waals surface area contributed by atoms with E-state index in [4.69, 9.17) is 0 Å². The van der Waals surface area contributed by atoms with Crippen molar-refractivity contribution in [1.82, 2.24) is 0 Å². The molecule has 0 saturated heterocycles. The van der Waals surface area contributed by atoms with Gasteiger partial charge in [0, 0.05) is 11.1 Å². The molecule has 0 atom stereocenters. The average Bonchev–Trinajstić information content (AvgIpc) is 2.58. The van der Waals surface area contributed by atoms with Gasteiger partial charge in [-0.1, -0.05) is 48.0 Å². The van der Waals surface area contributed by atoms with E-state index in [0.29, 0.717) is 0 Å². The number of nitrogens with one attached hydrogen (secondary N) is 1. The maximum atomic E-state index is 11.7. The van der Waals surface area contributed by atoms with Crippen molar-refractivity contribution < 1.29 is 4.79 Å². The quantitative estimate of drug-likeness (QED) is 0.830. The normalized spacial score (nSPS) is 14.2. The number of hydrogen-bond acceptors (Lipinski definition) is 2. The molecule has 2 aromatic rings. The minimum absolute atomic E-state index is 0.0745. The third-order valence-corrected chi connectivity index (χ3v) is 3.16. The molecule has 94 valence electrons. The molecule has 3 nitrogen and oxygen atoms in total. The number of aliphatic imine (C=N–C) groups is 1. The second-order valence-corrected chi connectivity index (χ2v) is 4.62. The van der Waals surface area contributed by atoms with Crippen LogP contribution in [0.25, 0.3) is 0 Å². The SMILES string of the molecule is Cc1ccc(C2=NCC(=O)Nc3ccccc32)cc1. The van der Waals surface area contributed by atoms with Crippen molar-refractivity contribution >= 4 is 17.3 Å². The number of para-hydroxylation sites is 1. The van der Waals surface area contributed by atoms with Crippen LogP contribution in [0.3, 0.4) is 0 Å². The van der Waals surface area contributed by atoms with Crippen molar-refractivity contribution in [3.8, 4) is 0 Å². The van der Waals surface area contributed by atoms with Crippen molar-refractivity contribution in [3.05, 3.63) is 65.2 Å². The molecule has 1 N–H and O–H groups in total. The monoisotopic (exact) mass is 250 g/mol. The first kappa shape index (κ1) is 11.7. The van der Waals surface area contributed by atoms with Crippen LogP contribution < -0.4 is 5.32 Å². The summed E-state index contributed by atoms with van der Waals surface area (Å²) in [4.78, 5) is 16.1. The average molecular weight is 250 g/mol. The van der Waals surface area contributed by atoms with E-state index in [1.165, 1.54) is 5.56 Å². The first-order chi connectivity index (χ1) is 9.24. The van der Waals surface area contributed by atoms with E-state index in [2.05, 4.69) is 29.4 Å². The molecule has 19 heavy (non-hydrogen) atoms. The third-order valence-electron chi connectivity index (χ3n) is 3.16. The number of nitrogens with zero attached hydrogens (tertiary/aromatic N) is 1. The highest BCUT2D eigenvalue weighted by Crippen LogP contribution is 2.22. The van der Waals surface area contributed by atoms with Gasteiger partial charge in [0.05, 0.1) is 11.4 Å². The van der Waals surface area contributed by atoms with Crippen molar-refractivity contribution in [1.29, 1.82) is 0 Å². The molecule has 3 rings (SSSR count). The van der Waals surface area contributed by atoms with Crippen molar-refractivity contribution in [2.24, 2.45) is 4.99 Å². The molecule has 2 aromatic carbocycles. The summed E-state index contributed by atoms with van der Waals surface area (Å²) in [7, 11) is 0. The van der Waals surface area contributed by atoms with Gasteiger partial charge < -0.3 is 5.32 Å². The van der Waals surface area contributed by atoms with E-state index in [0.717, 1.165) is 22.5 Å². The Morgan fingerprint density at radius 1 is 1.05 bits per heavy atom. The van der Waals surface area contributed by atoms with Gasteiger partial charge in [0.15, 0.2) is 0 Å². The fourth-order valence-corrected chi connectivity index (χ4v) is 2.18. The van der Waals surface area contributed by atoms with Crippen molar-refractivity contribution in [2.45, 2.75) is 6.92 Å². The molecule has 1 amide bonds. The van der Waals surface area contributed by atoms with E-state index < -0.39 is 0 Å². The number of benzene rings is 2. The van der Waals surface area contributed by atoms with E-state index in [9.17, 15) is 4.79 Å². The number of aryl methyl sites for hydroxylation is 1. The highest BCUT2D eigenvalue weighted by atomic mass is 16.1. The molecular formula is C16H14N2O. The van der Waals surface area contributed by atoms with Gasteiger partial charge >= 0.3 is 0 Å². The summed E-state index contributed by atoms with van der Waals surface area (Å²) in [6.45, 7) is 2.22. The lowest BCUT2D eigenvalue weighted by Gasteiger charge is -2.09. The smallest absolute Gasteiger partial charge is 0.246 e. The molecule has 0 aliphatic carbocycles. The minimum Gasteiger partial charge on any atom is -0.324 e. The Balaban J connectivity index is 2.14. The maximum absolute atomic E-state index is 11.7. The number of fused-ring (bicyclic) bond motifs is 1. The highest BCUT2D eigenvalue weighted by molar-refractivity contribution is 6.19. The molecule has 0 unspecified atom stereocenters. The van der Waals surface area contributed by atoms with Gasteiger partial charge in [-0.25, -0.2) is 0 Å². The number of amides is 1. The van der Waals surface area contributed by atoms with Gasteiger partial charge in [0.1, 0.15) is 6.54 Å². The predicted molar refractivity (Wildman–Crippen MR) is 76.8 cm³/mol.